The number of carboxylic acid groups (broad SMARTS) is 1. The van der Waals surface area contributed by atoms with Crippen LogP contribution in [-0.4, -0.2) is 67.7 Å². The molecule has 32 heavy (non-hydrogen) atoms. The zero-order chi connectivity index (χ0) is 23.3. The van der Waals surface area contributed by atoms with Gasteiger partial charge in [0.15, 0.2) is 6.61 Å². The number of carboxylic acids is 1. The van der Waals surface area contributed by atoms with Crippen LogP contribution in [0.15, 0.2) is 45.9 Å². The number of halogens is 1. The topological polar surface area (TPSA) is 109 Å². The molecule has 0 aliphatic carbocycles. The van der Waals surface area contributed by atoms with Gasteiger partial charge < -0.3 is 19.5 Å². The highest BCUT2D eigenvalue weighted by Gasteiger charge is 2.27. The number of pyridine rings is 1. The largest absolute Gasteiger partial charge is 0.481 e. The summed E-state index contributed by atoms with van der Waals surface area (Å²) >= 11 is 3.36. The number of nitrogens with zero attached hydrogens (tertiary/aromatic N) is 3. The number of hydrogen-bond acceptors (Lipinski definition) is 7. The number of sulfonamides is 1. The normalized spacial score (nSPS) is 15.4. The highest BCUT2D eigenvalue weighted by Crippen LogP contribution is 2.31. The first-order valence-electron chi connectivity index (χ1n) is 10.2. The summed E-state index contributed by atoms with van der Waals surface area (Å²) < 4.78 is 39.2. The second kappa shape index (κ2) is 10.5. The molecule has 2 aromatic rings. The Morgan fingerprint density at radius 3 is 2.62 bits per heavy atom. The fraction of sp³-hybridized carbons (Fsp3) is 0.429. The summed E-state index contributed by atoms with van der Waals surface area (Å²) in [6.45, 7) is 5.16. The Morgan fingerprint density at radius 2 is 1.97 bits per heavy atom. The molecule has 0 amide bonds. The minimum atomic E-state index is -3.68. The fourth-order valence-corrected chi connectivity index (χ4v) is 5.09. The summed E-state index contributed by atoms with van der Waals surface area (Å²) in [6, 6.07) is 8.52. The van der Waals surface area contributed by atoms with Gasteiger partial charge in [-0.15, -0.1) is 0 Å². The molecule has 174 valence electrons. The van der Waals surface area contributed by atoms with E-state index in [4.69, 9.17) is 14.6 Å². The quantitative estimate of drug-likeness (QED) is 0.557. The lowest BCUT2D eigenvalue weighted by Gasteiger charge is -2.24. The molecule has 0 atom stereocenters. The predicted octanol–water partition coefficient (Wildman–Crippen LogP) is 3.00. The maximum Gasteiger partial charge on any atom is 0.341 e. The molecule has 1 fully saturated rings. The molecule has 1 aromatic heterocycles. The summed E-state index contributed by atoms with van der Waals surface area (Å²) in [4.78, 5) is 17.1. The Balaban J connectivity index is 1.70. The Hall–Kier alpha value is -2.37. The van der Waals surface area contributed by atoms with Crippen molar-refractivity contribution in [1.82, 2.24) is 9.29 Å². The molecular weight excluding hydrogens is 502 g/mol. The highest BCUT2D eigenvalue weighted by atomic mass is 79.9. The lowest BCUT2D eigenvalue weighted by Crippen LogP contribution is -2.35. The van der Waals surface area contributed by atoms with Crippen LogP contribution in [0.2, 0.25) is 0 Å². The van der Waals surface area contributed by atoms with Crippen LogP contribution in [0.3, 0.4) is 0 Å². The van der Waals surface area contributed by atoms with Crippen molar-refractivity contribution in [3.05, 3.63) is 41.0 Å². The zero-order valence-electron chi connectivity index (χ0n) is 17.9. The van der Waals surface area contributed by atoms with E-state index in [1.165, 1.54) is 16.6 Å². The molecule has 1 aromatic carbocycles. The van der Waals surface area contributed by atoms with E-state index in [1.807, 2.05) is 19.9 Å². The maximum atomic E-state index is 13.1. The van der Waals surface area contributed by atoms with Crippen LogP contribution in [0, 0.1) is 0 Å². The van der Waals surface area contributed by atoms with Crippen molar-refractivity contribution in [2.45, 2.75) is 31.3 Å². The van der Waals surface area contributed by atoms with Crippen molar-refractivity contribution in [2.24, 2.45) is 0 Å². The molecule has 1 N–H and O–H groups in total. The average molecular weight is 528 g/mol. The molecule has 0 bridgehead atoms. The summed E-state index contributed by atoms with van der Waals surface area (Å²) in [5.74, 6) is -0.248. The molecule has 1 aliphatic rings. The first-order chi connectivity index (χ1) is 15.2. The Labute approximate surface area is 196 Å². The number of carbonyl (C=O) groups is 1. The van der Waals surface area contributed by atoms with E-state index in [9.17, 15) is 13.2 Å². The van der Waals surface area contributed by atoms with Crippen molar-refractivity contribution >= 4 is 37.6 Å². The smallest absolute Gasteiger partial charge is 0.341 e. The summed E-state index contributed by atoms with van der Waals surface area (Å²) in [5.41, 5.74) is 0.838. The van der Waals surface area contributed by atoms with Crippen LogP contribution >= 0.6 is 15.9 Å². The zero-order valence-corrected chi connectivity index (χ0v) is 20.3. The van der Waals surface area contributed by atoms with E-state index in [0.717, 1.165) is 5.69 Å². The van der Waals surface area contributed by atoms with Crippen LogP contribution in [0.4, 0.5) is 5.69 Å². The number of anilines is 1. The Morgan fingerprint density at radius 1 is 1.19 bits per heavy atom. The molecule has 0 radical (unpaired) electrons. The molecule has 0 unspecified atom stereocenters. The predicted molar refractivity (Wildman–Crippen MR) is 123 cm³/mol. The molecular formula is C21H26BrN3O6S. The van der Waals surface area contributed by atoms with E-state index in [0.29, 0.717) is 48.7 Å². The third-order valence-electron chi connectivity index (χ3n) is 4.79. The first kappa shape index (κ1) is 24.3. The van der Waals surface area contributed by atoms with Gasteiger partial charge in [-0.1, -0.05) is 0 Å². The lowest BCUT2D eigenvalue weighted by atomic mass is 10.2. The number of hydrogen-bond donors (Lipinski definition) is 1. The minimum absolute atomic E-state index is 0.0461. The van der Waals surface area contributed by atoms with Crippen molar-refractivity contribution in [2.75, 3.05) is 37.7 Å². The molecule has 11 heteroatoms. The van der Waals surface area contributed by atoms with Gasteiger partial charge in [0, 0.05) is 44.0 Å². The van der Waals surface area contributed by atoms with Crippen LogP contribution in [0.1, 0.15) is 20.3 Å². The van der Waals surface area contributed by atoms with E-state index < -0.39 is 22.6 Å². The van der Waals surface area contributed by atoms with Crippen molar-refractivity contribution in [3.63, 3.8) is 0 Å². The van der Waals surface area contributed by atoms with Gasteiger partial charge in [0.05, 0.1) is 16.8 Å². The standard InChI is InChI=1S/C21H26BrN3O6S/c1-15(2)31-20-7-5-17(13-23-20)32(28,29)25-9-3-8-24(10-11-25)16-4-6-18(22)19(12-16)30-14-21(26)27/h4-7,12-13,15H,3,8-11,14H2,1-2H3,(H,26,27). The van der Waals surface area contributed by atoms with Gasteiger partial charge in [0.2, 0.25) is 15.9 Å². The van der Waals surface area contributed by atoms with Crippen LogP contribution in [0.5, 0.6) is 11.6 Å². The molecule has 0 saturated carbocycles. The van der Waals surface area contributed by atoms with E-state index in [1.54, 1.807) is 18.2 Å². The second-order valence-electron chi connectivity index (χ2n) is 7.54. The van der Waals surface area contributed by atoms with Crippen molar-refractivity contribution in [3.8, 4) is 11.6 Å². The van der Waals surface area contributed by atoms with E-state index in [2.05, 4.69) is 25.8 Å². The molecule has 1 saturated heterocycles. The minimum Gasteiger partial charge on any atom is -0.481 e. The molecule has 3 rings (SSSR count). The Kier molecular flexibility index (Phi) is 7.96. The maximum absolute atomic E-state index is 13.1. The van der Waals surface area contributed by atoms with Crippen LogP contribution < -0.4 is 14.4 Å². The van der Waals surface area contributed by atoms with Gasteiger partial charge in [-0.05, 0) is 54.4 Å². The summed E-state index contributed by atoms with van der Waals surface area (Å²) in [7, 11) is -3.68. The molecule has 2 heterocycles. The number of aromatic nitrogens is 1. The monoisotopic (exact) mass is 527 g/mol. The number of benzene rings is 1. The highest BCUT2D eigenvalue weighted by molar-refractivity contribution is 9.10. The molecule has 1 aliphatic heterocycles. The van der Waals surface area contributed by atoms with Gasteiger partial charge in [-0.3, -0.25) is 0 Å². The third-order valence-corrected chi connectivity index (χ3v) is 7.33. The van der Waals surface area contributed by atoms with Gasteiger partial charge in [0.25, 0.3) is 0 Å². The van der Waals surface area contributed by atoms with Crippen molar-refractivity contribution in [1.29, 1.82) is 0 Å². The summed E-state index contributed by atoms with van der Waals surface area (Å²) in [5, 5.41) is 8.85. The van der Waals surface area contributed by atoms with Gasteiger partial charge in [-0.2, -0.15) is 4.31 Å². The number of ether oxygens (including phenoxy) is 2. The van der Waals surface area contributed by atoms with Gasteiger partial charge in [0.1, 0.15) is 10.6 Å². The lowest BCUT2D eigenvalue weighted by molar-refractivity contribution is -0.139. The van der Waals surface area contributed by atoms with Crippen LogP contribution in [-0.2, 0) is 14.8 Å². The third kappa shape index (κ3) is 6.11. The summed E-state index contributed by atoms with van der Waals surface area (Å²) in [6.07, 6.45) is 1.93. The molecule has 9 nitrogen and oxygen atoms in total. The fourth-order valence-electron chi connectivity index (χ4n) is 3.31. The van der Waals surface area contributed by atoms with Crippen molar-refractivity contribution < 1.29 is 27.8 Å². The van der Waals surface area contributed by atoms with Gasteiger partial charge in [-0.25, -0.2) is 18.2 Å². The number of rotatable bonds is 8. The first-order valence-corrected chi connectivity index (χ1v) is 12.4. The second-order valence-corrected chi connectivity index (χ2v) is 10.3. The van der Waals surface area contributed by atoms with E-state index >= 15 is 0 Å². The Bertz CT molecular complexity index is 1050. The van der Waals surface area contributed by atoms with Crippen LogP contribution in [0.25, 0.3) is 0 Å². The number of aliphatic carboxylic acids is 1. The molecule has 0 spiro atoms. The van der Waals surface area contributed by atoms with E-state index in [-0.39, 0.29) is 11.0 Å². The van der Waals surface area contributed by atoms with Gasteiger partial charge >= 0.3 is 5.97 Å². The SMILES string of the molecule is CC(C)Oc1ccc(S(=O)(=O)N2CCCN(c3ccc(Br)c(OCC(=O)O)c3)CC2)cn1. The average Bonchev–Trinajstić information content (AvgIpc) is 3.00.